The minimum atomic E-state index is -0.234. The smallest absolute Gasteiger partial charge is 0.248 e. The second kappa shape index (κ2) is 7.00. The number of rotatable bonds is 6. The Bertz CT molecular complexity index is 476. The average Bonchev–Trinajstić information content (AvgIpc) is 2.86. The number of halogens is 1. The zero-order valence-corrected chi connectivity index (χ0v) is 12.9. The first-order valence-electron chi connectivity index (χ1n) is 7.39. The molecule has 1 unspecified atom stereocenters. The highest BCUT2D eigenvalue weighted by Gasteiger charge is 2.25. The Morgan fingerprint density at radius 3 is 2.52 bits per heavy atom. The summed E-state index contributed by atoms with van der Waals surface area (Å²) in [4.78, 5) is 19.2. The fraction of sp³-hybridized carbons (Fsp3) is 0.562. The Morgan fingerprint density at radius 1 is 1.33 bits per heavy atom. The molecule has 0 N–H and O–H groups in total. The van der Waals surface area contributed by atoms with Gasteiger partial charge < -0.3 is 0 Å². The summed E-state index contributed by atoms with van der Waals surface area (Å²) >= 11 is 0. The summed E-state index contributed by atoms with van der Waals surface area (Å²) in [6.07, 6.45) is 1.22. The molecule has 1 atom stereocenters. The fourth-order valence-electron chi connectivity index (χ4n) is 2.52. The van der Waals surface area contributed by atoms with Crippen LogP contribution in [0.5, 0.6) is 0 Å². The maximum Gasteiger partial charge on any atom is 0.248 e. The number of carbonyl (C=O) groups is 1. The molecular formula is C16H23FN2O2. The van der Waals surface area contributed by atoms with Gasteiger partial charge >= 0.3 is 0 Å². The number of hydrogen-bond donors (Lipinski definition) is 0. The van der Waals surface area contributed by atoms with E-state index in [0.717, 1.165) is 12.0 Å². The van der Waals surface area contributed by atoms with Gasteiger partial charge in [-0.05, 0) is 45.0 Å². The second-order valence-corrected chi connectivity index (χ2v) is 5.69. The molecule has 0 bridgehead atoms. The quantitative estimate of drug-likeness (QED) is 0.809. The predicted octanol–water partition coefficient (Wildman–Crippen LogP) is 2.76. The Hall–Kier alpha value is -1.46. The van der Waals surface area contributed by atoms with Crippen LogP contribution in [-0.2, 0) is 9.63 Å². The third kappa shape index (κ3) is 4.02. The highest BCUT2D eigenvalue weighted by atomic mass is 19.1. The molecule has 0 aliphatic carbocycles. The van der Waals surface area contributed by atoms with Gasteiger partial charge in [-0.3, -0.25) is 14.5 Å². The third-order valence-electron chi connectivity index (χ3n) is 4.01. The van der Waals surface area contributed by atoms with E-state index in [0.29, 0.717) is 25.6 Å². The summed E-state index contributed by atoms with van der Waals surface area (Å²) in [6.45, 7) is 5.26. The molecule has 116 valence electrons. The standard InChI is InChI=1S/C16H23FN2O2/c1-12(2)18(3)15(13-4-6-14(17)7-5-13)8-10-19-16(20)9-11-21-19/h4-7,12,15H,8-11H2,1-3H3. The van der Waals surface area contributed by atoms with E-state index in [9.17, 15) is 9.18 Å². The van der Waals surface area contributed by atoms with E-state index in [1.807, 2.05) is 19.2 Å². The molecule has 0 spiro atoms. The minimum Gasteiger partial charge on any atom is -0.297 e. The van der Waals surface area contributed by atoms with Crippen LogP contribution in [0.4, 0.5) is 4.39 Å². The summed E-state index contributed by atoms with van der Waals surface area (Å²) in [7, 11) is 2.05. The lowest BCUT2D eigenvalue weighted by atomic mass is 10.0. The monoisotopic (exact) mass is 294 g/mol. The zero-order valence-electron chi connectivity index (χ0n) is 12.9. The first-order valence-corrected chi connectivity index (χ1v) is 7.39. The molecule has 1 fully saturated rings. The van der Waals surface area contributed by atoms with Gasteiger partial charge in [-0.25, -0.2) is 9.45 Å². The van der Waals surface area contributed by atoms with Crippen LogP contribution in [-0.4, -0.2) is 42.1 Å². The van der Waals surface area contributed by atoms with E-state index in [1.54, 1.807) is 0 Å². The summed E-state index contributed by atoms with van der Waals surface area (Å²) in [6, 6.07) is 7.07. The highest BCUT2D eigenvalue weighted by molar-refractivity contribution is 5.76. The van der Waals surface area contributed by atoms with Crippen molar-refractivity contribution in [2.75, 3.05) is 20.2 Å². The number of hydrogen-bond acceptors (Lipinski definition) is 3. The molecule has 0 aromatic heterocycles. The van der Waals surface area contributed by atoms with Crippen LogP contribution >= 0.6 is 0 Å². The summed E-state index contributed by atoms with van der Waals surface area (Å²) < 4.78 is 13.1. The van der Waals surface area contributed by atoms with E-state index in [1.165, 1.54) is 17.2 Å². The first kappa shape index (κ1) is 15.9. The molecule has 2 rings (SSSR count). The van der Waals surface area contributed by atoms with Gasteiger partial charge in [0, 0.05) is 12.1 Å². The van der Waals surface area contributed by atoms with Crippen molar-refractivity contribution >= 4 is 5.91 Å². The van der Waals surface area contributed by atoms with Crippen molar-refractivity contribution in [3.63, 3.8) is 0 Å². The summed E-state index contributed by atoms with van der Waals surface area (Å²) in [5.74, 6) is -0.192. The Balaban J connectivity index is 2.08. The summed E-state index contributed by atoms with van der Waals surface area (Å²) in [5.41, 5.74) is 1.05. The molecule has 1 aliphatic heterocycles. The van der Waals surface area contributed by atoms with E-state index < -0.39 is 0 Å². The van der Waals surface area contributed by atoms with Gasteiger partial charge in [0.15, 0.2) is 0 Å². The zero-order chi connectivity index (χ0) is 15.4. The fourth-order valence-corrected chi connectivity index (χ4v) is 2.52. The lowest BCUT2D eigenvalue weighted by Gasteiger charge is -2.32. The van der Waals surface area contributed by atoms with Crippen molar-refractivity contribution in [2.24, 2.45) is 0 Å². The van der Waals surface area contributed by atoms with Gasteiger partial charge in [-0.2, -0.15) is 0 Å². The Kier molecular flexibility index (Phi) is 5.31. The van der Waals surface area contributed by atoms with Gasteiger partial charge in [0.25, 0.3) is 0 Å². The van der Waals surface area contributed by atoms with Crippen molar-refractivity contribution in [3.05, 3.63) is 35.6 Å². The van der Waals surface area contributed by atoms with E-state index in [-0.39, 0.29) is 17.8 Å². The molecule has 1 aromatic carbocycles. The van der Waals surface area contributed by atoms with Gasteiger partial charge in [-0.15, -0.1) is 0 Å². The van der Waals surface area contributed by atoms with Gasteiger partial charge in [0.1, 0.15) is 5.82 Å². The van der Waals surface area contributed by atoms with Crippen molar-refractivity contribution in [2.45, 2.75) is 38.8 Å². The number of hydroxylamine groups is 2. The number of carbonyl (C=O) groups excluding carboxylic acids is 1. The largest absolute Gasteiger partial charge is 0.297 e. The first-order chi connectivity index (χ1) is 9.99. The van der Waals surface area contributed by atoms with Crippen LogP contribution in [0.3, 0.4) is 0 Å². The van der Waals surface area contributed by atoms with E-state index in [2.05, 4.69) is 18.7 Å². The minimum absolute atomic E-state index is 0.0417. The molecule has 4 nitrogen and oxygen atoms in total. The average molecular weight is 294 g/mol. The van der Waals surface area contributed by atoms with Crippen LogP contribution in [0, 0.1) is 5.82 Å². The normalized spacial score (nSPS) is 17.0. The van der Waals surface area contributed by atoms with Crippen molar-refractivity contribution in [1.29, 1.82) is 0 Å². The summed E-state index contributed by atoms with van der Waals surface area (Å²) in [5, 5.41) is 1.45. The Labute approximate surface area is 125 Å². The number of nitrogens with zero attached hydrogens (tertiary/aromatic N) is 2. The third-order valence-corrected chi connectivity index (χ3v) is 4.01. The molecular weight excluding hydrogens is 271 g/mol. The molecule has 5 heteroatoms. The van der Waals surface area contributed by atoms with Crippen molar-refractivity contribution in [3.8, 4) is 0 Å². The van der Waals surface area contributed by atoms with E-state index in [4.69, 9.17) is 4.84 Å². The SMILES string of the molecule is CC(C)N(C)C(CCN1OCCC1=O)c1ccc(F)cc1. The van der Waals surface area contributed by atoms with Gasteiger partial charge in [-0.1, -0.05) is 12.1 Å². The van der Waals surface area contributed by atoms with Crippen LogP contribution in [0.2, 0.25) is 0 Å². The topological polar surface area (TPSA) is 32.8 Å². The molecule has 0 radical (unpaired) electrons. The maximum absolute atomic E-state index is 13.1. The number of benzene rings is 1. The lowest BCUT2D eigenvalue weighted by molar-refractivity contribution is -0.162. The van der Waals surface area contributed by atoms with Gasteiger partial charge in [0.2, 0.25) is 5.91 Å². The van der Waals surface area contributed by atoms with Crippen LogP contribution in [0.15, 0.2) is 24.3 Å². The predicted molar refractivity (Wildman–Crippen MR) is 78.9 cm³/mol. The van der Waals surface area contributed by atoms with Crippen LogP contribution in [0.1, 0.15) is 38.3 Å². The maximum atomic E-state index is 13.1. The van der Waals surface area contributed by atoms with Crippen LogP contribution in [0.25, 0.3) is 0 Å². The van der Waals surface area contributed by atoms with Crippen LogP contribution < -0.4 is 0 Å². The molecule has 21 heavy (non-hydrogen) atoms. The molecule has 1 amide bonds. The molecule has 1 heterocycles. The molecule has 0 saturated carbocycles. The van der Waals surface area contributed by atoms with E-state index >= 15 is 0 Å². The lowest BCUT2D eigenvalue weighted by Crippen LogP contribution is -2.34. The Morgan fingerprint density at radius 2 is 2.00 bits per heavy atom. The number of amides is 1. The van der Waals surface area contributed by atoms with Gasteiger partial charge in [0.05, 0.1) is 19.6 Å². The molecule has 1 aliphatic rings. The highest BCUT2D eigenvalue weighted by Crippen LogP contribution is 2.26. The molecule has 1 aromatic rings. The second-order valence-electron chi connectivity index (χ2n) is 5.69. The van der Waals surface area contributed by atoms with Crippen molar-refractivity contribution in [1.82, 2.24) is 9.96 Å². The molecule has 1 saturated heterocycles. The van der Waals surface area contributed by atoms with Crippen molar-refractivity contribution < 1.29 is 14.0 Å².